The minimum absolute atomic E-state index is 0.0662. The molecule has 3 aliphatic rings. The van der Waals surface area contributed by atoms with Crippen LogP contribution in [-0.4, -0.2) is 90.9 Å². The largest absolute Gasteiger partial charge is 0.378 e. The number of carbonyl (C=O) groups is 1. The van der Waals surface area contributed by atoms with Crippen LogP contribution in [0.2, 0.25) is 0 Å². The molecule has 5 rings (SSSR count). The second-order valence-electron chi connectivity index (χ2n) is 9.68. The highest BCUT2D eigenvalue weighted by Gasteiger charge is 2.30. The number of ether oxygens (including phenoxy) is 2. The van der Waals surface area contributed by atoms with Crippen molar-refractivity contribution in [2.45, 2.75) is 55.3 Å². The Morgan fingerprint density at radius 3 is 2.71 bits per heavy atom. The lowest BCUT2D eigenvalue weighted by Crippen LogP contribution is -2.41. The SMILES string of the molecule is C[C@@H]1CCCN(S(=O)(=O)c2ccc3c(c2)nc(SCC(=O)N2CCOCC2)n3C[C@H]2CCCO2)C1. The molecule has 1 aromatic heterocycles. The Balaban J connectivity index is 1.41. The van der Waals surface area contributed by atoms with Gasteiger partial charge in [-0.3, -0.25) is 4.79 Å². The number of nitrogens with zero attached hydrogens (tertiary/aromatic N) is 4. The van der Waals surface area contributed by atoms with Crippen molar-refractivity contribution in [3.05, 3.63) is 18.2 Å². The molecule has 0 saturated carbocycles. The smallest absolute Gasteiger partial charge is 0.243 e. The van der Waals surface area contributed by atoms with Gasteiger partial charge in [0, 0.05) is 32.8 Å². The van der Waals surface area contributed by atoms with Crippen LogP contribution in [0.4, 0.5) is 0 Å². The fourth-order valence-electron chi connectivity index (χ4n) is 5.07. The summed E-state index contributed by atoms with van der Waals surface area (Å²) in [5, 5.41) is 0.721. The maximum Gasteiger partial charge on any atom is 0.243 e. The predicted octanol–water partition coefficient (Wildman–Crippen LogP) is 2.59. The van der Waals surface area contributed by atoms with Gasteiger partial charge in [-0.1, -0.05) is 18.7 Å². The van der Waals surface area contributed by atoms with Gasteiger partial charge in [0.05, 0.1) is 47.5 Å². The van der Waals surface area contributed by atoms with E-state index in [4.69, 9.17) is 14.5 Å². The normalized spacial score (nSPS) is 24.3. The number of piperidine rings is 1. The summed E-state index contributed by atoms with van der Waals surface area (Å²) in [6.45, 7) is 6.97. The molecule has 0 radical (unpaired) electrons. The molecule has 3 fully saturated rings. The Labute approximate surface area is 211 Å². The molecule has 0 unspecified atom stereocenters. The molecule has 9 nitrogen and oxygen atoms in total. The molecule has 0 aliphatic carbocycles. The fraction of sp³-hybridized carbons (Fsp3) is 0.667. The Morgan fingerprint density at radius 2 is 1.97 bits per heavy atom. The number of aromatic nitrogens is 2. The zero-order chi connectivity index (χ0) is 24.4. The number of thioether (sulfide) groups is 1. The standard InChI is InChI=1S/C24H34N4O5S2/c1-18-4-2-8-27(15-18)35(30,31)20-6-7-22-21(14-20)25-24(28(22)16-19-5-3-11-33-19)34-17-23(29)26-9-12-32-13-10-26/h6-7,14,18-19H,2-5,8-13,15-17H2,1H3/t18-,19-/m1/s1. The Bertz CT molecular complexity index is 1160. The second kappa shape index (κ2) is 10.8. The average molecular weight is 523 g/mol. The Hall–Kier alpha value is -1.66. The van der Waals surface area contributed by atoms with Crippen LogP contribution in [0.5, 0.6) is 0 Å². The van der Waals surface area contributed by atoms with E-state index in [1.54, 1.807) is 16.4 Å². The number of sulfonamides is 1. The molecular weight excluding hydrogens is 488 g/mol. The Kier molecular flexibility index (Phi) is 7.69. The predicted molar refractivity (Wildman–Crippen MR) is 134 cm³/mol. The molecule has 11 heteroatoms. The quantitative estimate of drug-likeness (QED) is 0.516. The van der Waals surface area contributed by atoms with Crippen LogP contribution in [0, 0.1) is 5.92 Å². The molecule has 192 valence electrons. The van der Waals surface area contributed by atoms with E-state index in [0.29, 0.717) is 57.4 Å². The molecule has 3 saturated heterocycles. The lowest BCUT2D eigenvalue weighted by atomic mass is 10.0. The number of imidazole rings is 1. The van der Waals surface area contributed by atoms with E-state index < -0.39 is 10.0 Å². The minimum atomic E-state index is -3.57. The molecule has 2 aromatic rings. The second-order valence-corrected chi connectivity index (χ2v) is 12.6. The minimum Gasteiger partial charge on any atom is -0.378 e. The van der Waals surface area contributed by atoms with Gasteiger partial charge in [0.1, 0.15) is 0 Å². The van der Waals surface area contributed by atoms with Crippen molar-refractivity contribution < 1.29 is 22.7 Å². The highest BCUT2D eigenvalue weighted by Crippen LogP contribution is 2.30. The number of rotatable bonds is 7. The Morgan fingerprint density at radius 1 is 1.14 bits per heavy atom. The first-order chi connectivity index (χ1) is 16.9. The number of hydrogen-bond donors (Lipinski definition) is 0. The van der Waals surface area contributed by atoms with Crippen molar-refractivity contribution in [3.63, 3.8) is 0 Å². The summed E-state index contributed by atoms with van der Waals surface area (Å²) in [6, 6.07) is 5.23. The highest BCUT2D eigenvalue weighted by molar-refractivity contribution is 7.99. The van der Waals surface area contributed by atoms with Gasteiger partial charge < -0.3 is 18.9 Å². The monoisotopic (exact) mass is 522 g/mol. The van der Waals surface area contributed by atoms with Crippen LogP contribution in [0.25, 0.3) is 11.0 Å². The third-order valence-corrected chi connectivity index (χ3v) is 9.86. The topological polar surface area (TPSA) is 94.0 Å². The lowest BCUT2D eigenvalue weighted by molar-refractivity contribution is -0.132. The number of carbonyl (C=O) groups excluding carboxylic acids is 1. The van der Waals surface area contributed by atoms with Gasteiger partial charge in [-0.2, -0.15) is 4.31 Å². The van der Waals surface area contributed by atoms with Crippen molar-refractivity contribution in [3.8, 4) is 0 Å². The average Bonchev–Trinajstić information content (AvgIpc) is 3.51. The van der Waals surface area contributed by atoms with Gasteiger partial charge in [-0.05, 0) is 49.8 Å². The van der Waals surface area contributed by atoms with E-state index in [-0.39, 0.29) is 22.7 Å². The van der Waals surface area contributed by atoms with E-state index in [0.717, 1.165) is 43.0 Å². The maximum absolute atomic E-state index is 13.3. The fourth-order valence-corrected chi connectivity index (χ4v) is 7.62. The van der Waals surface area contributed by atoms with Crippen LogP contribution in [0.1, 0.15) is 32.6 Å². The van der Waals surface area contributed by atoms with E-state index in [9.17, 15) is 13.2 Å². The van der Waals surface area contributed by atoms with Crippen LogP contribution in [0.15, 0.2) is 28.3 Å². The third kappa shape index (κ3) is 5.53. The zero-order valence-electron chi connectivity index (χ0n) is 20.2. The summed E-state index contributed by atoms with van der Waals surface area (Å²) in [4.78, 5) is 19.6. The number of fused-ring (bicyclic) bond motifs is 1. The molecule has 35 heavy (non-hydrogen) atoms. The number of morpholine rings is 1. The number of benzene rings is 1. The first-order valence-corrected chi connectivity index (χ1v) is 14.9. The van der Waals surface area contributed by atoms with E-state index in [2.05, 4.69) is 11.5 Å². The van der Waals surface area contributed by atoms with Gasteiger partial charge in [-0.15, -0.1) is 0 Å². The molecule has 1 aromatic carbocycles. The van der Waals surface area contributed by atoms with E-state index in [1.807, 2.05) is 11.0 Å². The maximum atomic E-state index is 13.3. The molecule has 1 amide bonds. The lowest BCUT2D eigenvalue weighted by Gasteiger charge is -2.30. The number of hydrogen-bond acceptors (Lipinski definition) is 7. The zero-order valence-corrected chi connectivity index (χ0v) is 21.9. The highest BCUT2D eigenvalue weighted by atomic mass is 32.2. The first-order valence-electron chi connectivity index (χ1n) is 12.5. The molecule has 2 atom stereocenters. The molecule has 0 N–H and O–H groups in total. The van der Waals surface area contributed by atoms with Crippen LogP contribution in [0.3, 0.4) is 0 Å². The van der Waals surface area contributed by atoms with Crippen LogP contribution >= 0.6 is 11.8 Å². The molecule has 3 aliphatic heterocycles. The van der Waals surface area contributed by atoms with Gasteiger partial charge in [-0.25, -0.2) is 13.4 Å². The molecule has 0 bridgehead atoms. The summed E-state index contributed by atoms with van der Waals surface area (Å²) in [5.41, 5.74) is 1.50. The van der Waals surface area contributed by atoms with Gasteiger partial charge in [0.25, 0.3) is 0 Å². The van der Waals surface area contributed by atoms with Crippen molar-refractivity contribution in [2.24, 2.45) is 5.92 Å². The summed E-state index contributed by atoms with van der Waals surface area (Å²) < 4.78 is 41.6. The van der Waals surface area contributed by atoms with E-state index >= 15 is 0 Å². The summed E-state index contributed by atoms with van der Waals surface area (Å²) in [5.74, 6) is 0.711. The van der Waals surface area contributed by atoms with Crippen LogP contribution in [-0.2, 0) is 30.8 Å². The number of amides is 1. The van der Waals surface area contributed by atoms with E-state index in [1.165, 1.54) is 11.8 Å². The van der Waals surface area contributed by atoms with Gasteiger partial charge in [0.2, 0.25) is 15.9 Å². The van der Waals surface area contributed by atoms with Gasteiger partial charge >= 0.3 is 0 Å². The molecule has 4 heterocycles. The third-order valence-electron chi connectivity index (χ3n) is 7.04. The summed E-state index contributed by atoms with van der Waals surface area (Å²) in [6.07, 6.45) is 4.06. The van der Waals surface area contributed by atoms with Crippen molar-refractivity contribution in [2.75, 3.05) is 51.8 Å². The molecule has 0 spiro atoms. The van der Waals surface area contributed by atoms with Crippen molar-refractivity contribution >= 4 is 38.7 Å². The van der Waals surface area contributed by atoms with Crippen molar-refractivity contribution in [1.29, 1.82) is 0 Å². The van der Waals surface area contributed by atoms with Crippen molar-refractivity contribution in [1.82, 2.24) is 18.8 Å². The van der Waals surface area contributed by atoms with Gasteiger partial charge in [0.15, 0.2) is 5.16 Å². The van der Waals surface area contributed by atoms with Crippen LogP contribution < -0.4 is 0 Å². The summed E-state index contributed by atoms with van der Waals surface area (Å²) >= 11 is 1.40. The first kappa shape index (κ1) is 25.0. The molecular formula is C24H34N4O5S2. The summed E-state index contributed by atoms with van der Waals surface area (Å²) in [7, 11) is -3.57.